The number of anilines is 1. The Morgan fingerprint density at radius 2 is 1.79 bits per heavy atom. The van der Waals surface area contributed by atoms with Gasteiger partial charge in [-0.1, -0.05) is 31.2 Å². The summed E-state index contributed by atoms with van der Waals surface area (Å²) in [5.41, 5.74) is 2.54. The molecule has 0 aliphatic rings. The van der Waals surface area contributed by atoms with Gasteiger partial charge >= 0.3 is 0 Å². The molecule has 2 aromatic heterocycles. The van der Waals surface area contributed by atoms with Crippen LogP contribution in [0.15, 0.2) is 77.0 Å². The quantitative estimate of drug-likeness (QED) is 0.491. The Kier molecular flexibility index (Phi) is 5.17. The fourth-order valence-electron chi connectivity index (χ4n) is 3.02. The maximum atomic E-state index is 13.0. The number of carbonyl (C=O) groups is 1. The number of pyridine rings is 1. The van der Waals surface area contributed by atoms with Crippen LogP contribution in [-0.4, -0.2) is 25.1 Å². The maximum Gasteiger partial charge on any atom is 0.256 e. The van der Waals surface area contributed by atoms with Crippen LogP contribution in [0.5, 0.6) is 0 Å². The van der Waals surface area contributed by atoms with Crippen LogP contribution >= 0.6 is 11.3 Å². The van der Waals surface area contributed by atoms with E-state index in [2.05, 4.69) is 10.3 Å². The van der Waals surface area contributed by atoms with Gasteiger partial charge in [0, 0.05) is 11.1 Å². The highest BCUT2D eigenvalue weighted by molar-refractivity contribution is 7.91. The average molecular weight is 423 g/mol. The third-order valence-electron chi connectivity index (χ3n) is 4.59. The Bertz CT molecular complexity index is 1280. The molecule has 4 aromatic rings. The molecule has 1 N–H and O–H groups in total. The van der Waals surface area contributed by atoms with Gasteiger partial charge in [0.2, 0.25) is 0 Å². The van der Waals surface area contributed by atoms with E-state index < -0.39 is 9.84 Å². The Hall–Kier alpha value is -3.03. The zero-order chi connectivity index (χ0) is 20.4. The number of para-hydroxylation sites is 1. The van der Waals surface area contributed by atoms with Crippen molar-refractivity contribution < 1.29 is 13.2 Å². The lowest BCUT2D eigenvalue weighted by Gasteiger charge is -2.10. The highest BCUT2D eigenvalue weighted by Crippen LogP contribution is 2.28. The highest BCUT2D eigenvalue weighted by Gasteiger charge is 2.16. The summed E-state index contributed by atoms with van der Waals surface area (Å²) < 4.78 is 23.9. The number of hydrogen-bond acceptors (Lipinski definition) is 5. The van der Waals surface area contributed by atoms with E-state index in [1.165, 1.54) is 12.1 Å². The van der Waals surface area contributed by atoms with E-state index in [0.717, 1.165) is 21.5 Å². The molecule has 0 aliphatic carbocycles. The van der Waals surface area contributed by atoms with Gasteiger partial charge in [0.05, 0.1) is 32.3 Å². The van der Waals surface area contributed by atoms with Crippen LogP contribution in [0, 0.1) is 0 Å². The number of benzene rings is 2. The molecule has 0 saturated carbocycles. The molecule has 29 heavy (non-hydrogen) atoms. The summed E-state index contributed by atoms with van der Waals surface area (Å²) >= 11 is 1.56. The molecule has 0 aliphatic heterocycles. The zero-order valence-electron chi connectivity index (χ0n) is 15.6. The summed E-state index contributed by atoms with van der Waals surface area (Å²) in [6.45, 7) is 1.60. The van der Waals surface area contributed by atoms with Crippen molar-refractivity contribution in [2.24, 2.45) is 0 Å². The Labute approximate surface area is 173 Å². The molecule has 5 nitrogen and oxygen atoms in total. The number of aromatic nitrogens is 1. The molecule has 4 rings (SSSR count). The molecule has 1 amide bonds. The summed E-state index contributed by atoms with van der Waals surface area (Å²) in [5.74, 6) is -0.236. The molecular weight excluding hydrogens is 404 g/mol. The van der Waals surface area contributed by atoms with Crippen LogP contribution in [0.25, 0.3) is 21.5 Å². The summed E-state index contributed by atoms with van der Waals surface area (Å²) in [4.78, 5) is 18.9. The van der Waals surface area contributed by atoms with Gasteiger partial charge in [0.15, 0.2) is 9.84 Å². The predicted molar refractivity (Wildman–Crippen MR) is 117 cm³/mol. The fraction of sp³-hybridized carbons (Fsp3) is 0.0909. The molecule has 7 heteroatoms. The second-order valence-corrected chi connectivity index (χ2v) is 9.66. The van der Waals surface area contributed by atoms with Crippen LogP contribution in [0.1, 0.15) is 17.3 Å². The van der Waals surface area contributed by atoms with Crippen molar-refractivity contribution in [2.75, 3.05) is 11.1 Å². The Morgan fingerprint density at radius 1 is 1.03 bits per heavy atom. The van der Waals surface area contributed by atoms with Crippen LogP contribution in [-0.2, 0) is 9.84 Å². The van der Waals surface area contributed by atoms with Crippen molar-refractivity contribution in [2.45, 2.75) is 11.8 Å². The molecule has 0 saturated heterocycles. The molecule has 0 bridgehead atoms. The summed E-state index contributed by atoms with van der Waals surface area (Å²) in [6.07, 6.45) is 0. The highest BCUT2D eigenvalue weighted by atomic mass is 32.2. The number of nitrogens with zero attached hydrogens (tertiary/aromatic N) is 1. The number of sulfone groups is 1. The Morgan fingerprint density at radius 3 is 2.48 bits per heavy atom. The first kappa shape index (κ1) is 19.3. The van der Waals surface area contributed by atoms with Crippen LogP contribution in [0.2, 0.25) is 0 Å². The molecule has 2 heterocycles. The summed E-state index contributed by atoms with van der Waals surface area (Å²) in [6, 6.07) is 19.4. The van der Waals surface area contributed by atoms with Crippen LogP contribution in [0.3, 0.4) is 0 Å². The number of rotatable bonds is 5. The van der Waals surface area contributed by atoms with Gasteiger partial charge < -0.3 is 5.32 Å². The second-order valence-electron chi connectivity index (χ2n) is 6.43. The Balaban J connectivity index is 1.70. The minimum Gasteiger partial charge on any atom is -0.322 e. The van der Waals surface area contributed by atoms with E-state index >= 15 is 0 Å². The number of hydrogen-bond donors (Lipinski definition) is 1. The van der Waals surface area contributed by atoms with Gasteiger partial charge in [-0.25, -0.2) is 13.4 Å². The standard InChI is InChI=1S/C22H18N2O3S2/c1-2-29(26,27)16-11-9-15(10-12-16)23-22(25)18-14-20(21-8-5-13-28-21)24-19-7-4-3-6-17(18)19/h3-14H,2H2,1H3,(H,23,25). The van der Waals surface area contributed by atoms with E-state index in [9.17, 15) is 13.2 Å². The first-order valence-corrected chi connectivity index (χ1v) is 11.6. The third kappa shape index (κ3) is 3.92. The van der Waals surface area contributed by atoms with Gasteiger partial charge in [-0.2, -0.15) is 0 Å². The number of thiophene rings is 1. The molecule has 0 radical (unpaired) electrons. The minimum atomic E-state index is -3.27. The monoisotopic (exact) mass is 422 g/mol. The first-order valence-electron chi connectivity index (χ1n) is 9.06. The molecule has 2 aromatic carbocycles. The number of nitrogens with one attached hydrogen (secondary N) is 1. The second kappa shape index (κ2) is 7.77. The maximum absolute atomic E-state index is 13.0. The lowest BCUT2D eigenvalue weighted by Crippen LogP contribution is -2.13. The van der Waals surface area contributed by atoms with Gasteiger partial charge in [-0.15, -0.1) is 11.3 Å². The molecule has 0 unspecified atom stereocenters. The summed E-state index contributed by atoms with van der Waals surface area (Å²) in [5, 5.41) is 5.59. The lowest BCUT2D eigenvalue weighted by atomic mass is 10.1. The topological polar surface area (TPSA) is 76.1 Å². The van der Waals surface area contributed by atoms with Crippen molar-refractivity contribution in [1.29, 1.82) is 0 Å². The van der Waals surface area contributed by atoms with Gasteiger partial charge in [0.1, 0.15) is 0 Å². The predicted octanol–water partition coefficient (Wildman–Crippen LogP) is 5.01. The zero-order valence-corrected chi connectivity index (χ0v) is 17.3. The lowest BCUT2D eigenvalue weighted by molar-refractivity contribution is 0.102. The SMILES string of the molecule is CCS(=O)(=O)c1ccc(NC(=O)c2cc(-c3cccs3)nc3ccccc23)cc1. The molecule has 0 spiro atoms. The van der Waals surface area contributed by atoms with Crippen LogP contribution < -0.4 is 5.32 Å². The summed E-state index contributed by atoms with van der Waals surface area (Å²) in [7, 11) is -3.27. The average Bonchev–Trinajstić information content (AvgIpc) is 3.28. The molecule has 0 fully saturated rings. The van der Waals surface area contributed by atoms with Gasteiger partial charge in [-0.3, -0.25) is 4.79 Å². The number of carbonyl (C=O) groups excluding carboxylic acids is 1. The van der Waals surface area contributed by atoms with E-state index in [-0.39, 0.29) is 16.6 Å². The van der Waals surface area contributed by atoms with Gasteiger partial charge in [0.25, 0.3) is 5.91 Å². The minimum absolute atomic E-state index is 0.0349. The molecule has 0 atom stereocenters. The normalized spacial score (nSPS) is 11.5. The largest absolute Gasteiger partial charge is 0.322 e. The molecular formula is C22H18N2O3S2. The van der Waals surface area contributed by atoms with E-state index in [1.54, 1.807) is 36.5 Å². The molecule has 146 valence electrons. The van der Waals surface area contributed by atoms with E-state index in [4.69, 9.17) is 0 Å². The number of fused-ring (bicyclic) bond motifs is 1. The van der Waals surface area contributed by atoms with Crippen molar-refractivity contribution >= 4 is 43.7 Å². The smallest absolute Gasteiger partial charge is 0.256 e. The van der Waals surface area contributed by atoms with Crippen molar-refractivity contribution in [3.63, 3.8) is 0 Å². The van der Waals surface area contributed by atoms with Crippen molar-refractivity contribution in [3.8, 4) is 10.6 Å². The van der Waals surface area contributed by atoms with Crippen molar-refractivity contribution in [1.82, 2.24) is 4.98 Å². The van der Waals surface area contributed by atoms with E-state index in [1.807, 2.05) is 41.8 Å². The third-order valence-corrected chi connectivity index (χ3v) is 7.23. The van der Waals surface area contributed by atoms with Gasteiger partial charge in [-0.05, 0) is 47.8 Å². The van der Waals surface area contributed by atoms with Crippen molar-refractivity contribution in [3.05, 3.63) is 77.7 Å². The first-order chi connectivity index (χ1) is 14.0. The van der Waals surface area contributed by atoms with Crippen LogP contribution in [0.4, 0.5) is 5.69 Å². The fourth-order valence-corrected chi connectivity index (χ4v) is 4.59. The number of amides is 1. The van der Waals surface area contributed by atoms with E-state index in [0.29, 0.717) is 11.3 Å².